The van der Waals surface area contributed by atoms with Crippen molar-refractivity contribution in [2.45, 2.75) is 19.8 Å². The summed E-state index contributed by atoms with van der Waals surface area (Å²) in [5, 5.41) is 0.912. The van der Waals surface area contributed by atoms with Crippen molar-refractivity contribution in [1.82, 2.24) is 4.98 Å². The van der Waals surface area contributed by atoms with E-state index in [0.29, 0.717) is 11.5 Å². The van der Waals surface area contributed by atoms with E-state index in [2.05, 4.69) is 9.72 Å². The fourth-order valence-corrected chi connectivity index (χ4v) is 2.25. The fourth-order valence-electron chi connectivity index (χ4n) is 1.23. The summed E-state index contributed by atoms with van der Waals surface area (Å²) in [5.74, 6) is -0.113. The van der Waals surface area contributed by atoms with Crippen molar-refractivity contribution in [3.05, 3.63) is 15.6 Å². The van der Waals surface area contributed by atoms with Crippen molar-refractivity contribution in [2.75, 3.05) is 20.8 Å². The molecule has 0 bridgehead atoms. The molecular weight excluding hydrogens is 214 g/mol. The van der Waals surface area contributed by atoms with Crippen molar-refractivity contribution in [2.24, 2.45) is 0 Å². The molecule has 4 nitrogen and oxygen atoms in total. The molecule has 5 heteroatoms. The van der Waals surface area contributed by atoms with Crippen molar-refractivity contribution in [3.8, 4) is 0 Å². The summed E-state index contributed by atoms with van der Waals surface area (Å²) in [7, 11) is 3.03. The maximum absolute atomic E-state index is 11.3. The number of methoxy groups -OCH3 is 2. The molecule has 0 radical (unpaired) electrons. The molecule has 0 amide bonds. The maximum Gasteiger partial charge on any atom is 0.349 e. The Morgan fingerprint density at radius 2 is 2.20 bits per heavy atom. The van der Waals surface area contributed by atoms with E-state index in [4.69, 9.17) is 4.74 Å². The average Bonchev–Trinajstić information content (AvgIpc) is 2.60. The maximum atomic E-state index is 11.3. The predicted molar refractivity (Wildman–Crippen MR) is 58.5 cm³/mol. The van der Waals surface area contributed by atoms with E-state index in [1.165, 1.54) is 18.4 Å². The summed E-state index contributed by atoms with van der Waals surface area (Å²) in [5.41, 5.74) is 0.727. The minimum Gasteiger partial charge on any atom is -0.465 e. The molecule has 0 fully saturated rings. The molecule has 1 aromatic heterocycles. The number of aryl methyl sites for hydroxylation is 1. The lowest BCUT2D eigenvalue weighted by molar-refractivity contribution is 0.0605. The van der Waals surface area contributed by atoms with E-state index < -0.39 is 0 Å². The zero-order chi connectivity index (χ0) is 11.4. The van der Waals surface area contributed by atoms with Crippen molar-refractivity contribution >= 4 is 17.3 Å². The summed E-state index contributed by atoms with van der Waals surface area (Å²) >= 11 is 1.37. The number of carbonyl (C=O) groups excluding carboxylic acids is 1. The van der Waals surface area contributed by atoms with Crippen molar-refractivity contribution in [3.63, 3.8) is 0 Å². The molecule has 0 aliphatic rings. The number of nitrogens with zero attached hydrogens (tertiary/aromatic N) is 1. The van der Waals surface area contributed by atoms with Gasteiger partial charge in [0.15, 0.2) is 0 Å². The molecule has 0 saturated heterocycles. The summed E-state index contributed by atoms with van der Waals surface area (Å²) in [6, 6.07) is 0. The Morgan fingerprint density at radius 1 is 1.53 bits per heavy atom. The molecule has 1 unspecified atom stereocenters. The van der Waals surface area contributed by atoms with Crippen molar-refractivity contribution in [1.29, 1.82) is 0 Å². The van der Waals surface area contributed by atoms with Gasteiger partial charge in [0.05, 0.1) is 24.4 Å². The molecule has 1 heterocycles. The quantitative estimate of drug-likeness (QED) is 0.741. The van der Waals surface area contributed by atoms with E-state index in [1.807, 2.05) is 13.8 Å². The third-order valence-electron chi connectivity index (χ3n) is 2.02. The molecule has 1 rings (SSSR count). The average molecular weight is 229 g/mol. The third-order valence-corrected chi connectivity index (χ3v) is 3.39. The number of ether oxygens (including phenoxy) is 2. The largest absolute Gasteiger partial charge is 0.465 e. The summed E-state index contributed by atoms with van der Waals surface area (Å²) < 4.78 is 9.71. The molecule has 0 aromatic carbocycles. The molecule has 15 heavy (non-hydrogen) atoms. The van der Waals surface area contributed by atoms with E-state index in [9.17, 15) is 4.79 Å². The van der Waals surface area contributed by atoms with Crippen LogP contribution in [0, 0.1) is 6.92 Å². The van der Waals surface area contributed by atoms with Gasteiger partial charge in [-0.3, -0.25) is 0 Å². The van der Waals surface area contributed by atoms with E-state index in [0.717, 1.165) is 10.7 Å². The second-order valence-electron chi connectivity index (χ2n) is 3.31. The van der Waals surface area contributed by atoms with Gasteiger partial charge in [-0.05, 0) is 6.92 Å². The van der Waals surface area contributed by atoms with Gasteiger partial charge in [-0.15, -0.1) is 11.3 Å². The highest BCUT2D eigenvalue weighted by Gasteiger charge is 2.18. The van der Waals surface area contributed by atoms with Crippen LogP contribution in [0.2, 0.25) is 0 Å². The smallest absolute Gasteiger partial charge is 0.349 e. The zero-order valence-corrected chi connectivity index (χ0v) is 10.2. The zero-order valence-electron chi connectivity index (χ0n) is 9.36. The molecule has 0 spiro atoms. The molecule has 1 atom stereocenters. The first-order valence-corrected chi connectivity index (χ1v) is 5.46. The standard InChI is InChI=1S/C10H15NO3S/c1-6(5-13-3)9-11-7(2)8(15-9)10(12)14-4/h6H,5H2,1-4H3. The second-order valence-corrected chi connectivity index (χ2v) is 4.35. The predicted octanol–water partition coefficient (Wildman–Crippen LogP) is 1.99. The highest BCUT2D eigenvalue weighted by Crippen LogP contribution is 2.25. The van der Waals surface area contributed by atoms with Crippen LogP contribution < -0.4 is 0 Å². The normalized spacial score (nSPS) is 12.5. The third kappa shape index (κ3) is 2.76. The summed E-state index contributed by atoms with van der Waals surface area (Å²) in [6.07, 6.45) is 0. The van der Waals surface area contributed by atoms with E-state index in [1.54, 1.807) is 7.11 Å². The first-order chi connectivity index (χ1) is 7.10. The van der Waals surface area contributed by atoms with Crippen LogP contribution in [0.3, 0.4) is 0 Å². The lowest BCUT2D eigenvalue weighted by atomic mass is 10.2. The van der Waals surface area contributed by atoms with Gasteiger partial charge in [-0.25, -0.2) is 9.78 Å². The molecule has 84 valence electrons. The monoisotopic (exact) mass is 229 g/mol. The Hall–Kier alpha value is -0.940. The Balaban J connectivity index is 2.90. The van der Waals surface area contributed by atoms with Crippen LogP contribution >= 0.6 is 11.3 Å². The Labute approximate surface area is 93.2 Å². The number of hydrogen-bond donors (Lipinski definition) is 0. The molecular formula is C10H15NO3S. The minimum atomic E-state index is -0.319. The molecule has 0 N–H and O–H groups in total. The molecule has 0 saturated carbocycles. The summed E-state index contributed by atoms with van der Waals surface area (Å²) in [6.45, 7) is 4.43. The second kappa shape index (κ2) is 5.23. The number of rotatable bonds is 4. The van der Waals surface area contributed by atoms with Crippen LogP contribution in [-0.4, -0.2) is 31.8 Å². The van der Waals surface area contributed by atoms with Gasteiger partial charge in [-0.2, -0.15) is 0 Å². The number of carbonyl (C=O) groups is 1. The van der Waals surface area contributed by atoms with Gasteiger partial charge in [0, 0.05) is 13.0 Å². The topological polar surface area (TPSA) is 48.4 Å². The van der Waals surface area contributed by atoms with Crippen LogP contribution in [0.25, 0.3) is 0 Å². The molecule has 1 aromatic rings. The van der Waals surface area contributed by atoms with Crippen LogP contribution in [0.4, 0.5) is 0 Å². The van der Waals surface area contributed by atoms with E-state index in [-0.39, 0.29) is 11.9 Å². The number of thiazole rings is 1. The molecule has 0 aliphatic carbocycles. The number of esters is 1. The van der Waals surface area contributed by atoms with Gasteiger partial charge < -0.3 is 9.47 Å². The summed E-state index contributed by atoms with van der Waals surface area (Å²) in [4.78, 5) is 16.3. The van der Waals surface area contributed by atoms with Crippen LogP contribution in [0.1, 0.15) is 33.2 Å². The van der Waals surface area contributed by atoms with Crippen LogP contribution in [-0.2, 0) is 9.47 Å². The first kappa shape index (κ1) is 12.1. The van der Waals surface area contributed by atoms with Crippen LogP contribution in [0.15, 0.2) is 0 Å². The fraction of sp³-hybridized carbons (Fsp3) is 0.600. The van der Waals surface area contributed by atoms with Gasteiger partial charge in [0.2, 0.25) is 0 Å². The van der Waals surface area contributed by atoms with Gasteiger partial charge in [0.25, 0.3) is 0 Å². The van der Waals surface area contributed by atoms with E-state index >= 15 is 0 Å². The number of hydrogen-bond acceptors (Lipinski definition) is 5. The number of aromatic nitrogens is 1. The van der Waals surface area contributed by atoms with Crippen LogP contribution in [0.5, 0.6) is 0 Å². The highest BCUT2D eigenvalue weighted by atomic mass is 32.1. The SMILES string of the molecule is COCC(C)c1nc(C)c(C(=O)OC)s1. The van der Waals surface area contributed by atoms with Gasteiger partial charge in [0.1, 0.15) is 4.88 Å². The molecule has 0 aliphatic heterocycles. The first-order valence-electron chi connectivity index (χ1n) is 4.64. The highest BCUT2D eigenvalue weighted by molar-refractivity contribution is 7.13. The Morgan fingerprint density at radius 3 is 2.73 bits per heavy atom. The lowest BCUT2D eigenvalue weighted by Crippen LogP contribution is -2.00. The van der Waals surface area contributed by atoms with Crippen molar-refractivity contribution < 1.29 is 14.3 Å². The van der Waals surface area contributed by atoms with Gasteiger partial charge in [-0.1, -0.05) is 6.92 Å². The Kier molecular flexibility index (Phi) is 4.23. The lowest BCUT2D eigenvalue weighted by Gasteiger charge is -2.04. The van der Waals surface area contributed by atoms with Gasteiger partial charge >= 0.3 is 5.97 Å². The Bertz CT molecular complexity index is 348. The minimum absolute atomic E-state index is 0.206.